The van der Waals surface area contributed by atoms with Crippen molar-refractivity contribution in [2.75, 3.05) is 13.2 Å². The molecule has 0 radical (unpaired) electrons. The van der Waals surface area contributed by atoms with Crippen LogP contribution >= 0.6 is 0 Å². The van der Waals surface area contributed by atoms with E-state index >= 15 is 0 Å². The SMILES string of the molecule is O=C(NC1(C(=O)N2CCC[C@@H]2C(=O)O)CCCCC1)OCC1c2ccccc2-c2ccccc21. The van der Waals surface area contributed by atoms with E-state index in [4.69, 9.17) is 4.74 Å². The number of amides is 2. The molecule has 2 fully saturated rings. The van der Waals surface area contributed by atoms with Crippen molar-refractivity contribution in [1.29, 1.82) is 0 Å². The van der Waals surface area contributed by atoms with Gasteiger partial charge in [0.25, 0.3) is 0 Å². The number of benzene rings is 2. The summed E-state index contributed by atoms with van der Waals surface area (Å²) < 4.78 is 5.72. The predicted octanol–water partition coefficient (Wildman–Crippen LogP) is 4.30. The molecule has 3 aliphatic rings. The van der Waals surface area contributed by atoms with E-state index in [0.717, 1.165) is 41.5 Å². The van der Waals surface area contributed by atoms with Gasteiger partial charge < -0.3 is 20.1 Å². The van der Waals surface area contributed by atoms with Crippen molar-refractivity contribution >= 4 is 18.0 Å². The third kappa shape index (κ3) is 3.93. The number of likely N-dealkylation sites (tertiary alicyclic amines) is 1. The summed E-state index contributed by atoms with van der Waals surface area (Å²) in [5, 5.41) is 12.5. The fourth-order valence-corrected chi connectivity index (χ4v) is 5.92. The smallest absolute Gasteiger partial charge is 0.408 e. The number of alkyl carbamates (subject to hydrolysis) is 1. The summed E-state index contributed by atoms with van der Waals surface area (Å²) in [5.74, 6) is -1.34. The largest absolute Gasteiger partial charge is 0.480 e. The van der Waals surface area contributed by atoms with Gasteiger partial charge >= 0.3 is 12.1 Å². The molecule has 0 bridgehead atoms. The molecule has 2 amide bonds. The van der Waals surface area contributed by atoms with Crippen LogP contribution in [-0.4, -0.2) is 52.7 Å². The second-order valence-electron chi connectivity index (χ2n) is 9.59. The Hall–Kier alpha value is -3.35. The molecule has 5 rings (SSSR count). The van der Waals surface area contributed by atoms with Gasteiger partial charge in [-0.3, -0.25) is 4.79 Å². The highest BCUT2D eigenvalue weighted by atomic mass is 16.5. The highest BCUT2D eigenvalue weighted by molar-refractivity contribution is 5.93. The zero-order valence-electron chi connectivity index (χ0n) is 19.2. The molecule has 2 N–H and O–H groups in total. The quantitative estimate of drug-likeness (QED) is 0.691. The van der Waals surface area contributed by atoms with Gasteiger partial charge in [-0.25, -0.2) is 9.59 Å². The molecular weight excluding hydrogens is 432 g/mol. The molecule has 178 valence electrons. The van der Waals surface area contributed by atoms with Crippen LogP contribution < -0.4 is 5.32 Å². The number of carbonyl (C=O) groups excluding carboxylic acids is 2. The Balaban J connectivity index is 1.32. The molecule has 7 heteroatoms. The molecule has 7 nitrogen and oxygen atoms in total. The molecule has 0 unspecified atom stereocenters. The average molecular weight is 463 g/mol. The summed E-state index contributed by atoms with van der Waals surface area (Å²) in [6, 6.07) is 15.5. The topological polar surface area (TPSA) is 95.9 Å². The summed E-state index contributed by atoms with van der Waals surface area (Å²) in [4.78, 5) is 39.7. The Morgan fingerprint density at radius 2 is 1.56 bits per heavy atom. The number of aliphatic carboxylic acids is 1. The summed E-state index contributed by atoms with van der Waals surface area (Å²) in [5.41, 5.74) is 3.46. The van der Waals surface area contributed by atoms with Crippen molar-refractivity contribution in [3.05, 3.63) is 59.7 Å². The lowest BCUT2D eigenvalue weighted by molar-refractivity contribution is -0.151. The number of ether oxygens (including phenoxy) is 1. The van der Waals surface area contributed by atoms with Crippen LogP contribution in [0.15, 0.2) is 48.5 Å². The van der Waals surface area contributed by atoms with Crippen LogP contribution in [0, 0.1) is 0 Å². The Labute approximate surface area is 199 Å². The minimum Gasteiger partial charge on any atom is -0.480 e. The maximum atomic E-state index is 13.6. The van der Waals surface area contributed by atoms with Gasteiger partial charge in [0.2, 0.25) is 5.91 Å². The number of carbonyl (C=O) groups is 3. The Kier molecular flexibility index (Phi) is 6.02. The molecule has 1 heterocycles. The van der Waals surface area contributed by atoms with Gasteiger partial charge in [-0.2, -0.15) is 0 Å². The maximum absolute atomic E-state index is 13.6. The van der Waals surface area contributed by atoms with E-state index < -0.39 is 23.6 Å². The summed E-state index contributed by atoms with van der Waals surface area (Å²) in [6.45, 7) is 0.579. The number of nitrogens with one attached hydrogen (secondary N) is 1. The molecule has 1 saturated carbocycles. The highest BCUT2D eigenvalue weighted by Gasteiger charge is 2.47. The minimum atomic E-state index is -1.10. The molecule has 0 aromatic heterocycles. The van der Waals surface area contributed by atoms with Crippen LogP contribution in [0.2, 0.25) is 0 Å². The van der Waals surface area contributed by atoms with Gasteiger partial charge in [0.15, 0.2) is 0 Å². The van der Waals surface area contributed by atoms with Gasteiger partial charge in [0.1, 0.15) is 18.2 Å². The first kappa shape index (κ1) is 22.4. The average Bonchev–Trinajstić information content (AvgIpc) is 3.46. The lowest BCUT2D eigenvalue weighted by atomic mass is 9.80. The first-order valence-corrected chi connectivity index (χ1v) is 12.2. The zero-order chi connectivity index (χ0) is 23.7. The lowest BCUT2D eigenvalue weighted by Crippen LogP contribution is -2.62. The Bertz CT molecular complexity index is 1060. The van der Waals surface area contributed by atoms with Gasteiger partial charge in [-0.05, 0) is 47.9 Å². The van der Waals surface area contributed by atoms with Crippen molar-refractivity contribution in [2.24, 2.45) is 0 Å². The molecule has 34 heavy (non-hydrogen) atoms. The standard InChI is InChI=1S/C27H30N2O5/c30-24(31)23-13-8-16-29(23)25(32)27(14-6-1-7-15-27)28-26(33)34-17-22-20-11-4-2-9-18(20)19-10-3-5-12-21(19)22/h2-5,9-12,22-23H,1,6-8,13-17H2,(H,28,33)(H,30,31)/t23-/m1/s1. The Morgan fingerprint density at radius 3 is 2.18 bits per heavy atom. The van der Waals surface area contributed by atoms with Crippen LogP contribution in [-0.2, 0) is 14.3 Å². The molecule has 2 aliphatic carbocycles. The van der Waals surface area contributed by atoms with Gasteiger partial charge in [0, 0.05) is 12.5 Å². The normalized spacial score (nSPS) is 20.9. The zero-order valence-corrected chi connectivity index (χ0v) is 19.2. The first-order chi connectivity index (χ1) is 16.5. The van der Waals surface area contributed by atoms with E-state index in [9.17, 15) is 19.5 Å². The number of rotatable bonds is 5. The van der Waals surface area contributed by atoms with Gasteiger partial charge in [-0.15, -0.1) is 0 Å². The van der Waals surface area contributed by atoms with E-state index in [1.165, 1.54) is 4.90 Å². The second kappa shape index (κ2) is 9.12. The fourth-order valence-electron chi connectivity index (χ4n) is 5.92. The van der Waals surface area contributed by atoms with Gasteiger partial charge in [-0.1, -0.05) is 67.8 Å². The molecule has 2 aromatic carbocycles. The third-order valence-electron chi connectivity index (χ3n) is 7.60. The van der Waals surface area contributed by atoms with Crippen LogP contribution in [0.3, 0.4) is 0 Å². The van der Waals surface area contributed by atoms with Crippen LogP contribution in [0.25, 0.3) is 11.1 Å². The summed E-state index contributed by atoms with van der Waals surface area (Å²) in [7, 11) is 0. The highest BCUT2D eigenvalue weighted by Crippen LogP contribution is 2.44. The minimum absolute atomic E-state index is 0.0638. The van der Waals surface area contributed by atoms with Crippen molar-refractivity contribution in [1.82, 2.24) is 10.2 Å². The van der Waals surface area contributed by atoms with Crippen molar-refractivity contribution < 1.29 is 24.2 Å². The lowest BCUT2D eigenvalue weighted by Gasteiger charge is -2.40. The van der Waals surface area contributed by atoms with E-state index in [1.54, 1.807) is 0 Å². The van der Waals surface area contributed by atoms with Crippen LogP contribution in [0.5, 0.6) is 0 Å². The maximum Gasteiger partial charge on any atom is 0.408 e. The van der Waals surface area contributed by atoms with Crippen molar-refractivity contribution in [3.8, 4) is 11.1 Å². The summed E-state index contributed by atoms with van der Waals surface area (Å²) >= 11 is 0. The third-order valence-corrected chi connectivity index (χ3v) is 7.60. The van der Waals surface area contributed by atoms with Crippen molar-refractivity contribution in [2.45, 2.75) is 62.4 Å². The molecule has 2 aromatic rings. The molecular formula is C27H30N2O5. The van der Waals surface area contributed by atoms with Crippen LogP contribution in [0.4, 0.5) is 4.79 Å². The number of nitrogens with zero attached hydrogens (tertiary/aromatic N) is 1. The number of hydrogen-bond donors (Lipinski definition) is 2. The van der Waals surface area contributed by atoms with Gasteiger partial charge in [0.05, 0.1) is 0 Å². The second-order valence-corrected chi connectivity index (χ2v) is 9.59. The fraction of sp³-hybridized carbons (Fsp3) is 0.444. The molecule has 1 saturated heterocycles. The van der Waals surface area contributed by atoms with E-state index in [0.29, 0.717) is 32.2 Å². The van der Waals surface area contributed by atoms with Crippen LogP contribution in [0.1, 0.15) is 62.0 Å². The van der Waals surface area contributed by atoms with E-state index in [-0.39, 0.29) is 18.4 Å². The summed E-state index contributed by atoms with van der Waals surface area (Å²) in [6.07, 6.45) is 4.08. The monoisotopic (exact) mass is 462 g/mol. The van der Waals surface area contributed by atoms with E-state index in [1.807, 2.05) is 24.3 Å². The predicted molar refractivity (Wildman–Crippen MR) is 126 cm³/mol. The molecule has 1 aliphatic heterocycles. The molecule has 0 spiro atoms. The Morgan fingerprint density at radius 1 is 0.941 bits per heavy atom. The number of hydrogen-bond acceptors (Lipinski definition) is 4. The van der Waals surface area contributed by atoms with E-state index in [2.05, 4.69) is 29.6 Å². The first-order valence-electron chi connectivity index (χ1n) is 12.2. The number of carboxylic acid groups (broad SMARTS) is 1. The molecule has 1 atom stereocenters. The van der Waals surface area contributed by atoms with Crippen molar-refractivity contribution in [3.63, 3.8) is 0 Å². The number of carboxylic acids is 1. The number of fused-ring (bicyclic) bond motifs is 3.